The maximum atomic E-state index is 2.69. The van der Waals surface area contributed by atoms with E-state index in [0.29, 0.717) is 0 Å². The number of unbranched alkanes of at least 4 members (excludes halogenated alkanes) is 26. The van der Waals surface area contributed by atoms with Gasteiger partial charge in [0.1, 0.15) is 7.05 Å². The number of pyridine rings is 1. The highest BCUT2D eigenvalue weighted by molar-refractivity contribution is 5.73. The first-order chi connectivity index (χ1) is 27.7. The van der Waals surface area contributed by atoms with Crippen molar-refractivity contribution < 1.29 is 4.57 Å². The lowest BCUT2D eigenvalue weighted by Crippen LogP contribution is -2.25. The quantitative estimate of drug-likeness (QED) is 0.0329. The summed E-state index contributed by atoms with van der Waals surface area (Å²) in [6.45, 7) is 7.00. The number of aromatic nitrogens is 1. The van der Waals surface area contributed by atoms with Crippen molar-refractivity contribution >= 4 is 30.0 Å². The second-order valence-electron chi connectivity index (χ2n) is 16.9. The molecule has 0 amide bonds. The Kier molecular flexibility index (Phi) is 27.8. The largest absolute Gasteiger partial charge is 0.372 e. The summed E-state index contributed by atoms with van der Waals surface area (Å²) < 4.78 is 2.06. The monoisotopic (exact) mass is 762 g/mol. The Balaban J connectivity index is 1.38. The molecule has 0 bridgehead atoms. The predicted octanol–water partition coefficient (Wildman–Crippen LogP) is 16.6. The van der Waals surface area contributed by atoms with E-state index in [1.54, 1.807) is 0 Å². The van der Waals surface area contributed by atoms with Crippen molar-refractivity contribution in [2.75, 3.05) is 18.0 Å². The molecular weight excluding hydrogens is 677 g/mol. The Bertz CT molecular complexity index is 1340. The molecule has 0 atom stereocenters. The minimum Gasteiger partial charge on any atom is -0.372 e. The number of hydrogen-bond donors (Lipinski definition) is 0. The third-order valence-electron chi connectivity index (χ3n) is 11.7. The lowest BCUT2D eigenvalue weighted by molar-refractivity contribution is -0.671. The molecule has 0 aliphatic heterocycles. The zero-order valence-corrected chi connectivity index (χ0v) is 36.8. The van der Waals surface area contributed by atoms with Crippen LogP contribution in [0, 0.1) is 0 Å². The van der Waals surface area contributed by atoms with Crippen molar-refractivity contribution in [3.8, 4) is 0 Å². The Morgan fingerprint density at radius 1 is 0.339 bits per heavy atom. The van der Waals surface area contributed by atoms with Crippen molar-refractivity contribution in [3.63, 3.8) is 0 Å². The Labute approximate surface area is 347 Å². The molecule has 0 radical (unpaired) electrons. The number of benzene rings is 2. The summed E-state index contributed by atoms with van der Waals surface area (Å²) in [5.41, 5.74) is 6.33. The molecule has 3 rings (SSSR count). The van der Waals surface area contributed by atoms with E-state index in [4.69, 9.17) is 0 Å². The molecule has 2 nitrogen and oxygen atoms in total. The van der Waals surface area contributed by atoms with Gasteiger partial charge in [0.05, 0.1) is 0 Å². The van der Waals surface area contributed by atoms with Crippen LogP contribution in [0.25, 0.3) is 24.3 Å². The van der Waals surface area contributed by atoms with E-state index in [1.807, 2.05) is 7.05 Å². The van der Waals surface area contributed by atoms with Gasteiger partial charge in [0.15, 0.2) is 12.4 Å². The molecule has 2 heteroatoms. The second-order valence-corrected chi connectivity index (χ2v) is 16.9. The lowest BCUT2D eigenvalue weighted by atomic mass is 10.0. The SMILES string of the molecule is CCCCCCCCCCCCCCCCN(CCCCCCCCCCCCCCCC)c1ccc(C=Cc2ccc(C=Cc3cc[n+](C)cc3)cc2)cc1. The van der Waals surface area contributed by atoms with Crippen LogP contribution in [0.2, 0.25) is 0 Å². The molecule has 0 aliphatic carbocycles. The van der Waals surface area contributed by atoms with Gasteiger partial charge in [0, 0.05) is 30.9 Å². The summed E-state index contributed by atoms with van der Waals surface area (Å²) in [5.74, 6) is 0. The fourth-order valence-electron chi connectivity index (χ4n) is 7.89. The molecule has 1 heterocycles. The zero-order chi connectivity index (χ0) is 39.6. The van der Waals surface area contributed by atoms with Crippen LogP contribution in [0.1, 0.15) is 216 Å². The molecule has 3 aromatic rings. The maximum absolute atomic E-state index is 2.69. The molecular formula is C54H85N2+. The first-order valence-electron chi connectivity index (χ1n) is 23.9. The van der Waals surface area contributed by atoms with E-state index in [2.05, 4.69) is 121 Å². The third kappa shape index (κ3) is 23.8. The normalized spacial score (nSPS) is 11.7. The molecule has 56 heavy (non-hydrogen) atoms. The molecule has 0 aliphatic rings. The van der Waals surface area contributed by atoms with Gasteiger partial charge in [-0.25, -0.2) is 4.57 Å². The van der Waals surface area contributed by atoms with Crippen LogP contribution < -0.4 is 9.47 Å². The predicted molar refractivity (Wildman–Crippen MR) is 251 cm³/mol. The highest BCUT2D eigenvalue weighted by Crippen LogP contribution is 2.21. The Morgan fingerprint density at radius 3 is 0.893 bits per heavy atom. The van der Waals surface area contributed by atoms with E-state index >= 15 is 0 Å². The molecule has 0 N–H and O–H groups in total. The second kappa shape index (κ2) is 32.9. The van der Waals surface area contributed by atoms with E-state index in [1.165, 1.54) is 221 Å². The number of anilines is 1. The summed E-state index contributed by atoms with van der Waals surface area (Å²) in [7, 11) is 2.05. The third-order valence-corrected chi connectivity index (χ3v) is 11.7. The van der Waals surface area contributed by atoms with Gasteiger partial charge in [-0.3, -0.25) is 0 Å². The van der Waals surface area contributed by atoms with Gasteiger partial charge >= 0.3 is 0 Å². The molecule has 0 fully saturated rings. The van der Waals surface area contributed by atoms with Crippen LogP contribution in [0.5, 0.6) is 0 Å². The van der Waals surface area contributed by atoms with Crippen LogP contribution in [0.15, 0.2) is 73.1 Å². The molecule has 0 saturated heterocycles. The highest BCUT2D eigenvalue weighted by atomic mass is 15.1. The first-order valence-corrected chi connectivity index (χ1v) is 23.9. The summed E-state index contributed by atoms with van der Waals surface area (Å²) in [6.07, 6.45) is 52.7. The standard InChI is InChI=1S/C54H85N2/c1-4-6-8-10-12-14-16-18-20-22-24-26-28-30-46-56(47-31-29-27-25-23-21-19-17-15-13-11-9-7-5-2)54-42-40-52(41-43-54)37-36-50-32-34-51(35-33-50)38-39-53-44-48-55(3)49-45-53/h32-45,48-49H,4-31,46-47H2,1-3H3/q+1. The van der Waals surface area contributed by atoms with Crippen LogP contribution in [0.3, 0.4) is 0 Å². The molecule has 1 aromatic heterocycles. The van der Waals surface area contributed by atoms with Gasteiger partial charge in [-0.1, -0.05) is 241 Å². The minimum absolute atomic E-state index is 1.19. The number of hydrogen-bond acceptors (Lipinski definition) is 1. The van der Waals surface area contributed by atoms with Gasteiger partial charge in [0.2, 0.25) is 0 Å². The molecule has 2 aromatic carbocycles. The maximum Gasteiger partial charge on any atom is 0.169 e. The first kappa shape index (κ1) is 47.2. The fraction of sp³-hybridized carbons (Fsp3) is 0.611. The van der Waals surface area contributed by atoms with Crippen LogP contribution in [-0.4, -0.2) is 13.1 Å². The molecule has 310 valence electrons. The van der Waals surface area contributed by atoms with E-state index in [-0.39, 0.29) is 0 Å². The average Bonchev–Trinajstić information content (AvgIpc) is 3.22. The van der Waals surface area contributed by atoms with Gasteiger partial charge in [-0.05, 0) is 47.2 Å². The van der Waals surface area contributed by atoms with Crippen molar-refractivity contribution in [1.82, 2.24) is 0 Å². The fourth-order valence-corrected chi connectivity index (χ4v) is 7.89. The van der Waals surface area contributed by atoms with Crippen LogP contribution >= 0.6 is 0 Å². The van der Waals surface area contributed by atoms with Gasteiger partial charge < -0.3 is 4.90 Å². The van der Waals surface area contributed by atoms with Crippen molar-refractivity contribution in [1.29, 1.82) is 0 Å². The van der Waals surface area contributed by atoms with Crippen LogP contribution in [-0.2, 0) is 7.05 Å². The summed E-state index contributed by atoms with van der Waals surface area (Å²) in [5, 5.41) is 0. The van der Waals surface area contributed by atoms with E-state index < -0.39 is 0 Å². The zero-order valence-electron chi connectivity index (χ0n) is 36.8. The van der Waals surface area contributed by atoms with Gasteiger partial charge in [0.25, 0.3) is 0 Å². The Hall–Kier alpha value is -3.13. The van der Waals surface area contributed by atoms with Crippen molar-refractivity contribution in [2.24, 2.45) is 7.05 Å². The molecule has 0 spiro atoms. The number of nitrogens with zero attached hydrogens (tertiary/aromatic N) is 2. The minimum atomic E-state index is 1.19. The number of aryl methyl sites for hydroxylation is 1. The smallest absolute Gasteiger partial charge is 0.169 e. The summed E-state index contributed by atoms with van der Waals surface area (Å²) in [4.78, 5) is 2.69. The van der Waals surface area contributed by atoms with Crippen molar-refractivity contribution in [2.45, 2.75) is 194 Å². The topological polar surface area (TPSA) is 7.12 Å². The van der Waals surface area contributed by atoms with Crippen LogP contribution in [0.4, 0.5) is 5.69 Å². The average molecular weight is 762 g/mol. The Morgan fingerprint density at radius 2 is 0.589 bits per heavy atom. The number of rotatable bonds is 35. The molecule has 0 saturated carbocycles. The summed E-state index contributed by atoms with van der Waals surface area (Å²) >= 11 is 0. The summed E-state index contributed by atoms with van der Waals surface area (Å²) in [6, 6.07) is 22.5. The van der Waals surface area contributed by atoms with Gasteiger partial charge in [-0.15, -0.1) is 0 Å². The highest BCUT2D eigenvalue weighted by Gasteiger charge is 2.07. The van der Waals surface area contributed by atoms with Gasteiger partial charge in [-0.2, -0.15) is 0 Å². The van der Waals surface area contributed by atoms with E-state index in [9.17, 15) is 0 Å². The molecule has 0 unspecified atom stereocenters. The van der Waals surface area contributed by atoms with E-state index in [0.717, 1.165) is 0 Å². The van der Waals surface area contributed by atoms with Crippen molar-refractivity contribution in [3.05, 3.63) is 95.3 Å². The lowest BCUT2D eigenvalue weighted by Gasteiger charge is -2.25.